The first-order chi connectivity index (χ1) is 7.82. The Morgan fingerprint density at radius 1 is 1.35 bits per heavy atom. The molecule has 5 nitrogen and oxygen atoms in total. The molecule has 17 heavy (non-hydrogen) atoms. The molecule has 1 aromatic rings. The topological polar surface area (TPSA) is 98.2 Å². The molecule has 1 aromatic carbocycles. The van der Waals surface area contributed by atoms with Crippen molar-refractivity contribution in [1.29, 1.82) is 0 Å². The fourth-order valence-corrected chi connectivity index (χ4v) is 2.13. The summed E-state index contributed by atoms with van der Waals surface area (Å²) < 4.78 is 22.5. The smallest absolute Gasteiger partial charge is 0.240 e. The summed E-state index contributed by atoms with van der Waals surface area (Å²) in [7, 11) is -3.76. The maximum absolute atomic E-state index is 11.3. The Kier molecular flexibility index (Phi) is 4.36. The number of anilines is 2. The number of para-hydroxylation sites is 1. The van der Waals surface area contributed by atoms with Gasteiger partial charge in [0.05, 0.1) is 11.4 Å². The van der Waals surface area contributed by atoms with E-state index in [0.717, 1.165) is 13.0 Å². The number of benzene rings is 1. The molecule has 0 aliphatic heterocycles. The molecule has 0 saturated heterocycles. The molecular formula is C11H19N3O2S. The molecule has 0 aromatic heterocycles. The van der Waals surface area contributed by atoms with E-state index in [-0.39, 0.29) is 10.6 Å². The van der Waals surface area contributed by atoms with Gasteiger partial charge in [0.25, 0.3) is 0 Å². The molecule has 1 rings (SSSR count). The third-order valence-electron chi connectivity index (χ3n) is 2.41. The molecule has 0 bridgehead atoms. The van der Waals surface area contributed by atoms with Crippen molar-refractivity contribution >= 4 is 21.4 Å². The Labute approximate surface area is 102 Å². The van der Waals surface area contributed by atoms with Crippen LogP contribution in [0, 0.1) is 5.92 Å². The van der Waals surface area contributed by atoms with E-state index >= 15 is 0 Å². The Morgan fingerprint density at radius 2 is 2.00 bits per heavy atom. The number of hydrogen-bond donors (Lipinski definition) is 3. The second-order valence-corrected chi connectivity index (χ2v) is 5.90. The number of nitrogens with two attached hydrogens (primary N) is 2. The van der Waals surface area contributed by atoms with Crippen LogP contribution in [0.2, 0.25) is 0 Å². The van der Waals surface area contributed by atoms with Gasteiger partial charge in [0.15, 0.2) is 0 Å². The summed E-state index contributed by atoms with van der Waals surface area (Å²) >= 11 is 0. The molecule has 0 spiro atoms. The average molecular weight is 257 g/mol. The first kappa shape index (κ1) is 13.8. The molecule has 0 heterocycles. The zero-order chi connectivity index (χ0) is 13.1. The highest BCUT2D eigenvalue weighted by molar-refractivity contribution is 7.89. The van der Waals surface area contributed by atoms with Crippen LogP contribution in [-0.2, 0) is 10.0 Å². The number of primary sulfonamides is 1. The van der Waals surface area contributed by atoms with E-state index < -0.39 is 10.0 Å². The van der Waals surface area contributed by atoms with Crippen LogP contribution >= 0.6 is 0 Å². The van der Waals surface area contributed by atoms with Gasteiger partial charge in [-0.3, -0.25) is 0 Å². The minimum Gasteiger partial charge on any atom is -0.396 e. The summed E-state index contributed by atoms with van der Waals surface area (Å²) in [5.41, 5.74) is 6.55. The van der Waals surface area contributed by atoms with Gasteiger partial charge in [0, 0.05) is 6.54 Å². The second-order valence-electron chi connectivity index (χ2n) is 4.37. The van der Waals surface area contributed by atoms with Gasteiger partial charge in [0.1, 0.15) is 4.90 Å². The lowest BCUT2D eigenvalue weighted by atomic mass is 10.1. The molecule has 5 N–H and O–H groups in total. The SMILES string of the molecule is CC(C)CCNc1cccc(S(N)(=O)=O)c1N. The molecule has 0 aliphatic rings. The molecule has 0 aliphatic carbocycles. The average Bonchev–Trinajstić information content (AvgIpc) is 2.18. The number of nitrogens with one attached hydrogen (secondary N) is 1. The summed E-state index contributed by atoms with van der Waals surface area (Å²) in [6.07, 6.45) is 0.985. The quantitative estimate of drug-likeness (QED) is 0.694. The molecule has 6 heteroatoms. The van der Waals surface area contributed by atoms with E-state index in [9.17, 15) is 8.42 Å². The lowest BCUT2D eigenvalue weighted by molar-refractivity contribution is 0.598. The standard InChI is InChI=1S/C11H19N3O2S/c1-8(2)6-7-14-9-4-3-5-10(11(9)12)17(13,15)16/h3-5,8,14H,6-7,12H2,1-2H3,(H2,13,15,16). The van der Waals surface area contributed by atoms with Crippen LogP contribution in [0.1, 0.15) is 20.3 Å². The first-order valence-electron chi connectivity index (χ1n) is 5.47. The van der Waals surface area contributed by atoms with Gasteiger partial charge in [-0.25, -0.2) is 13.6 Å². The van der Waals surface area contributed by atoms with Gasteiger partial charge in [0.2, 0.25) is 10.0 Å². The molecule has 0 amide bonds. The molecule has 0 fully saturated rings. The number of nitrogen functional groups attached to an aromatic ring is 1. The number of rotatable bonds is 5. The number of hydrogen-bond acceptors (Lipinski definition) is 4. The van der Waals surface area contributed by atoms with E-state index in [1.54, 1.807) is 12.1 Å². The lowest BCUT2D eigenvalue weighted by Crippen LogP contribution is -2.16. The highest BCUT2D eigenvalue weighted by Gasteiger charge is 2.14. The van der Waals surface area contributed by atoms with Crippen molar-refractivity contribution in [2.75, 3.05) is 17.6 Å². The van der Waals surface area contributed by atoms with Gasteiger partial charge >= 0.3 is 0 Å². The van der Waals surface area contributed by atoms with Gasteiger partial charge in [-0.05, 0) is 24.5 Å². The van der Waals surface area contributed by atoms with Gasteiger partial charge in [-0.15, -0.1) is 0 Å². The molecular weight excluding hydrogens is 238 g/mol. The summed E-state index contributed by atoms with van der Waals surface area (Å²) in [5, 5.41) is 8.18. The van der Waals surface area contributed by atoms with Crippen molar-refractivity contribution in [2.24, 2.45) is 11.1 Å². The molecule has 0 saturated carbocycles. The van der Waals surface area contributed by atoms with Crippen molar-refractivity contribution < 1.29 is 8.42 Å². The molecule has 0 atom stereocenters. The Morgan fingerprint density at radius 3 is 2.53 bits per heavy atom. The van der Waals surface area contributed by atoms with Crippen LogP contribution in [0.3, 0.4) is 0 Å². The minimum absolute atomic E-state index is 0.0351. The fraction of sp³-hybridized carbons (Fsp3) is 0.455. The Hall–Kier alpha value is -1.27. The van der Waals surface area contributed by atoms with Crippen LogP contribution in [0.5, 0.6) is 0 Å². The second kappa shape index (κ2) is 5.37. The van der Waals surface area contributed by atoms with Crippen LogP contribution in [0.25, 0.3) is 0 Å². The van der Waals surface area contributed by atoms with Crippen molar-refractivity contribution in [3.63, 3.8) is 0 Å². The fourth-order valence-electron chi connectivity index (χ4n) is 1.44. The third kappa shape index (κ3) is 3.90. The van der Waals surface area contributed by atoms with Crippen molar-refractivity contribution in [2.45, 2.75) is 25.2 Å². The Balaban J connectivity index is 2.88. The van der Waals surface area contributed by atoms with E-state index in [4.69, 9.17) is 10.9 Å². The number of sulfonamides is 1. The zero-order valence-corrected chi connectivity index (χ0v) is 10.9. The van der Waals surface area contributed by atoms with E-state index in [0.29, 0.717) is 11.6 Å². The highest BCUT2D eigenvalue weighted by Crippen LogP contribution is 2.25. The highest BCUT2D eigenvalue weighted by atomic mass is 32.2. The van der Waals surface area contributed by atoms with Crippen molar-refractivity contribution in [3.8, 4) is 0 Å². The maximum Gasteiger partial charge on any atom is 0.240 e. The third-order valence-corrected chi connectivity index (χ3v) is 3.38. The van der Waals surface area contributed by atoms with Crippen LogP contribution < -0.4 is 16.2 Å². The minimum atomic E-state index is -3.76. The van der Waals surface area contributed by atoms with E-state index in [1.807, 2.05) is 0 Å². The maximum atomic E-state index is 11.3. The van der Waals surface area contributed by atoms with Crippen molar-refractivity contribution in [1.82, 2.24) is 0 Å². The van der Waals surface area contributed by atoms with Gasteiger partial charge in [-0.2, -0.15) is 0 Å². The summed E-state index contributed by atoms with van der Waals surface area (Å²) in [5.74, 6) is 0.574. The van der Waals surface area contributed by atoms with Gasteiger partial charge < -0.3 is 11.1 Å². The van der Waals surface area contributed by atoms with Gasteiger partial charge in [-0.1, -0.05) is 19.9 Å². The van der Waals surface area contributed by atoms with Crippen molar-refractivity contribution in [3.05, 3.63) is 18.2 Å². The molecule has 96 valence electrons. The summed E-state index contributed by atoms with van der Waals surface area (Å²) in [6.45, 7) is 4.98. The normalized spacial score (nSPS) is 11.8. The monoisotopic (exact) mass is 257 g/mol. The zero-order valence-electron chi connectivity index (χ0n) is 10.1. The first-order valence-corrected chi connectivity index (χ1v) is 7.02. The lowest BCUT2D eigenvalue weighted by Gasteiger charge is -2.12. The summed E-state index contributed by atoms with van der Waals surface area (Å²) in [4.78, 5) is -0.0351. The van der Waals surface area contributed by atoms with Crippen LogP contribution in [0.4, 0.5) is 11.4 Å². The summed E-state index contributed by atoms with van der Waals surface area (Å²) in [6, 6.07) is 4.76. The molecule has 0 radical (unpaired) electrons. The van der Waals surface area contributed by atoms with E-state index in [1.165, 1.54) is 6.07 Å². The van der Waals surface area contributed by atoms with Crippen LogP contribution in [-0.4, -0.2) is 15.0 Å². The van der Waals surface area contributed by atoms with E-state index in [2.05, 4.69) is 19.2 Å². The Bertz CT molecular complexity index is 483. The predicted octanol–water partition coefficient (Wildman–Crippen LogP) is 1.37. The van der Waals surface area contributed by atoms with Crippen LogP contribution in [0.15, 0.2) is 23.1 Å². The predicted molar refractivity (Wildman–Crippen MR) is 70.2 cm³/mol. The molecule has 0 unspecified atom stereocenters. The largest absolute Gasteiger partial charge is 0.396 e.